The number of rotatable bonds is 4. The standard InChI is InChI=1S/C14H26N4O2.HI/c15-14(18-8-10-20-11-9-18)16-7-6-13(19)17-12-4-2-1-3-5-12;/h12H,1-11H2,(H2,15,16)(H,17,19);1H. The average molecular weight is 410 g/mol. The second-order valence-corrected chi connectivity index (χ2v) is 5.49. The minimum atomic E-state index is 0. The average Bonchev–Trinajstić information content (AvgIpc) is 2.49. The Morgan fingerprint density at radius 1 is 1.24 bits per heavy atom. The third-order valence-corrected chi connectivity index (χ3v) is 3.92. The normalized spacial score (nSPS) is 20.8. The molecule has 21 heavy (non-hydrogen) atoms. The van der Waals surface area contributed by atoms with Crippen molar-refractivity contribution in [3.63, 3.8) is 0 Å². The monoisotopic (exact) mass is 410 g/mol. The third-order valence-electron chi connectivity index (χ3n) is 3.92. The van der Waals surface area contributed by atoms with Gasteiger partial charge in [0.15, 0.2) is 5.96 Å². The molecule has 1 saturated carbocycles. The molecule has 0 aromatic rings. The van der Waals surface area contributed by atoms with Crippen LogP contribution in [0, 0.1) is 0 Å². The van der Waals surface area contributed by atoms with Crippen molar-refractivity contribution in [1.82, 2.24) is 10.2 Å². The molecule has 1 aliphatic carbocycles. The number of carbonyl (C=O) groups is 1. The van der Waals surface area contributed by atoms with Crippen LogP contribution in [-0.4, -0.2) is 55.7 Å². The summed E-state index contributed by atoms with van der Waals surface area (Å²) in [5.74, 6) is 0.620. The lowest BCUT2D eigenvalue weighted by Gasteiger charge is -2.27. The molecule has 7 heteroatoms. The van der Waals surface area contributed by atoms with Gasteiger partial charge in [-0.1, -0.05) is 19.3 Å². The van der Waals surface area contributed by atoms with Gasteiger partial charge in [-0.15, -0.1) is 24.0 Å². The molecule has 0 aromatic heterocycles. The molecule has 0 bridgehead atoms. The van der Waals surface area contributed by atoms with Gasteiger partial charge in [-0.25, -0.2) is 0 Å². The molecule has 0 radical (unpaired) electrons. The van der Waals surface area contributed by atoms with Crippen LogP contribution in [0.2, 0.25) is 0 Å². The maximum Gasteiger partial charge on any atom is 0.222 e. The van der Waals surface area contributed by atoms with E-state index in [1.807, 2.05) is 4.90 Å². The van der Waals surface area contributed by atoms with E-state index < -0.39 is 0 Å². The fourth-order valence-electron chi connectivity index (χ4n) is 2.71. The molecular weight excluding hydrogens is 383 g/mol. The van der Waals surface area contributed by atoms with Crippen molar-refractivity contribution in [2.75, 3.05) is 32.8 Å². The molecule has 2 fully saturated rings. The van der Waals surface area contributed by atoms with Gasteiger partial charge in [-0.3, -0.25) is 9.79 Å². The maximum atomic E-state index is 11.8. The van der Waals surface area contributed by atoms with Gasteiger partial charge in [-0.2, -0.15) is 0 Å². The molecule has 3 N–H and O–H groups in total. The van der Waals surface area contributed by atoms with Crippen molar-refractivity contribution in [2.45, 2.75) is 44.6 Å². The maximum absolute atomic E-state index is 11.8. The predicted molar refractivity (Wildman–Crippen MR) is 93.9 cm³/mol. The lowest BCUT2D eigenvalue weighted by molar-refractivity contribution is -0.121. The van der Waals surface area contributed by atoms with Gasteiger partial charge in [0, 0.05) is 25.6 Å². The van der Waals surface area contributed by atoms with E-state index in [0.717, 1.165) is 25.9 Å². The van der Waals surface area contributed by atoms with Gasteiger partial charge >= 0.3 is 0 Å². The van der Waals surface area contributed by atoms with Crippen molar-refractivity contribution in [3.8, 4) is 0 Å². The zero-order valence-electron chi connectivity index (χ0n) is 12.6. The van der Waals surface area contributed by atoms with E-state index in [0.29, 0.717) is 38.2 Å². The van der Waals surface area contributed by atoms with Crippen LogP contribution in [0.4, 0.5) is 0 Å². The van der Waals surface area contributed by atoms with Crippen molar-refractivity contribution >= 4 is 35.8 Å². The lowest BCUT2D eigenvalue weighted by Crippen LogP contribution is -2.45. The highest BCUT2D eigenvalue weighted by Crippen LogP contribution is 2.17. The number of hydrogen-bond donors (Lipinski definition) is 2. The lowest BCUT2D eigenvalue weighted by atomic mass is 9.95. The van der Waals surface area contributed by atoms with Crippen molar-refractivity contribution < 1.29 is 9.53 Å². The van der Waals surface area contributed by atoms with Gasteiger partial charge in [0.05, 0.1) is 19.8 Å². The molecular formula is C14H27IN4O2. The second kappa shape index (κ2) is 10.2. The Morgan fingerprint density at radius 3 is 2.57 bits per heavy atom. The van der Waals surface area contributed by atoms with Crippen LogP contribution >= 0.6 is 24.0 Å². The number of nitrogens with two attached hydrogens (primary N) is 1. The van der Waals surface area contributed by atoms with Crippen molar-refractivity contribution in [3.05, 3.63) is 0 Å². The first kappa shape index (κ1) is 18.5. The number of guanidine groups is 1. The van der Waals surface area contributed by atoms with Crippen LogP contribution in [0.3, 0.4) is 0 Å². The minimum Gasteiger partial charge on any atom is -0.378 e. The van der Waals surface area contributed by atoms with Crippen LogP contribution < -0.4 is 11.1 Å². The number of nitrogens with one attached hydrogen (secondary N) is 1. The summed E-state index contributed by atoms with van der Waals surface area (Å²) in [4.78, 5) is 18.1. The van der Waals surface area contributed by atoms with Gasteiger partial charge in [-0.05, 0) is 12.8 Å². The molecule has 1 amide bonds. The molecule has 0 atom stereocenters. The van der Waals surface area contributed by atoms with Crippen molar-refractivity contribution in [2.24, 2.45) is 10.7 Å². The number of hydrogen-bond acceptors (Lipinski definition) is 3. The van der Waals surface area contributed by atoms with Crippen LogP contribution in [0.5, 0.6) is 0 Å². The fourth-order valence-corrected chi connectivity index (χ4v) is 2.71. The third kappa shape index (κ3) is 6.82. The summed E-state index contributed by atoms with van der Waals surface area (Å²) in [5.41, 5.74) is 5.91. The van der Waals surface area contributed by atoms with E-state index in [9.17, 15) is 4.79 Å². The number of morpholine rings is 1. The van der Waals surface area contributed by atoms with Gasteiger partial charge in [0.2, 0.25) is 5.91 Å². The van der Waals surface area contributed by atoms with Crippen molar-refractivity contribution in [1.29, 1.82) is 0 Å². The van der Waals surface area contributed by atoms with Gasteiger partial charge < -0.3 is 20.7 Å². The second-order valence-electron chi connectivity index (χ2n) is 5.49. The van der Waals surface area contributed by atoms with E-state index in [2.05, 4.69) is 10.3 Å². The number of aliphatic imine (C=N–C) groups is 1. The summed E-state index contributed by atoms with van der Waals surface area (Å²) in [7, 11) is 0. The van der Waals surface area contributed by atoms with E-state index >= 15 is 0 Å². The highest BCUT2D eigenvalue weighted by molar-refractivity contribution is 14.0. The summed E-state index contributed by atoms with van der Waals surface area (Å²) in [6.07, 6.45) is 6.41. The molecule has 122 valence electrons. The van der Waals surface area contributed by atoms with Crippen LogP contribution in [0.25, 0.3) is 0 Å². The number of halogens is 1. The molecule has 0 aromatic carbocycles. The molecule has 2 rings (SSSR count). The summed E-state index contributed by atoms with van der Waals surface area (Å²) in [6.45, 7) is 3.41. The Hall–Kier alpha value is -0.570. The smallest absolute Gasteiger partial charge is 0.222 e. The fraction of sp³-hybridized carbons (Fsp3) is 0.857. The van der Waals surface area contributed by atoms with Gasteiger partial charge in [0.25, 0.3) is 0 Å². The Kier molecular flexibility index (Phi) is 8.98. The summed E-state index contributed by atoms with van der Waals surface area (Å²) in [6, 6.07) is 0.372. The molecule has 1 heterocycles. The zero-order valence-corrected chi connectivity index (χ0v) is 14.9. The summed E-state index contributed by atoms with van der Waals surface area (Å²) < 4.78 is 5.26. The number of amides is 1. The quantitative estimate of drug-likeness (QED) is 0.413. The topological polar surface area (TPSA) is 79.9 Å². The molecule has 2 aliphatic rings. The Morgan fingerprint density at radius 2 is 1.90 bits per heavy atom. The van der Waals surface area contributed by atoms with E-state index in [4.69, 9.17) is 10.5 Å². The minimum absolute atomic E-state index is 0. The molecule has 0 spiro atoms. The Bertz CT molecular complexity index is 340. The first-order valence-electron chi connectivity index (χ1n) is 7.67. The van der Waals surface area contributed by atoms with Gasteiger partial charge in [0.1, 0.15) is 0 Å². The first-order valence-corrected chi connectivity index (χ1v) is 7.67. The highest BCUT2D eigenvalue weighted by Gasteiger charge is 2.15. The number of nitrogens with zero attached hydrogens (tertiary/aromatic N) is 2. The van der Waals surface area contributed by atoms with Crippen LogP contribution in [0.1, 0.15) is 38.5 Å². The van der Waals surface area contributed by atoms with E-state index in [1.165, 1.54) is 19.3 Å². The Labute approximate surface area is 143 Å². The van der Waals surface area contributed by atoms with Crippen LogP contribution in [0.15, 0.2) is 4.99 Å². The molecule has 0 unspecified atom stereocenters. The van der Waals surface area contributed by atoms with E-state index in [1.54, 1.807) is 0 Å². The summed E-state index contributed by atoms with van der Waals surface area (Å²) >= 11 is 0. The highest BCUT2D eigenvalue weighted by atomic mass is 127. The van der Waals surface area contributed by atoms with E-state index in [-0.39, 0.29) is 29.9 Å². The SMILES string of the molecule is I.NC(=NCCC(=O)NC1CCCCC1)N1CCOCC1. The first-order chi connectivity index (χ1) is 9.75. The molecule has 1 saturated heterocycles. The predicted octanol–water partition coefficient (Wildman–Crippen LogP) is 1.09. The summed E-state index contributed by atoms with van der Waals surface area (Å²) in [5, 5.41) is 3.09. The number of carbonyl (C=O) groups excluding carboxylic acids is 1. The van der Waals surface area contributed by atoms with Crippen LogP contribution in [-0.2, 0) is 9.53 Å². The molecule has 1 aliphatic heterocycles. The molecule has 6 nitrogen and oxygen atoms in total. The number of ether oxygens (including phenoxy) is 1. The largest absolute Gasteiger partial charge is 0.378 e. The Balaban J connectivity index is 0.00000220. The zero-order chi connectivity index (χ0) is 14.2.